The Morgan fingerprint density at radius 1 is 1.22 bits per heavy atom. The number of rotatable bonds is 6. The van der Waals surface area contributed by atoms with E-state index in [1.807, 2.05) is 0 Å². The smallest absolute Gasteiger partial charge is 0.372 e. The Hall–Kier alpha value is -2.05. The zero-order chi connectivity index (χ0) is 13.5. The molecule has 0 fully saturated rings. The van der Waals surface area contributed by atoms with Gasteiger partial charge >= 0.3 is 17.6 Å². The van der Waals surface area contributed by atoms with Crippen molar-refractivity contribution in [2.45, 2.75) is 26.7 Å². The van der Waals surface area contributed by atoms with E-state index in [2.05, 4.69) is 9.68 Å². The SMILES string of the molecule is CCOC(=O)CCc1[nH]oc(=O)c1C(=O)OCC. The van der Waals surface area contributed by atoms with Gasteiger partial charge in [-0.3, -0.25) is 4.79 Å². The molecule has 100 valence electrons. The molecule has 1 rings (SSSR count). The molecular formula is C11H15NO6. The van der Waals surface area contributed by atoms with Gasteiger partial charge in [-0.25, -0.2) is 14.7 Å². The summed E-state index contributed by atoms with van der Waals surface area (Å²) in [6.45, 7) is 3.76. The summed E-state index contributed by atoms with van der Waals surface area (Å²) in [7, 11) is 0. The van der Waals surface area contributed by atoms with Crippen molar-refractivity contribution in [3.63, 3.8) is 0 Å². The van der Waals surface area contributed by atoms with Crippen molar-refractivity contribution in [1.29, 1.82) is 0 Å². The molecule has 0 atom stereocenters. The Balaban J connectivity index is 2.75. The molecule has 0 radical (unpaired) electrons. The van der Waals surface area contributed by atoms with Gasteiger partial charge in [-0.2, -0.15) is 0 Å². The average Bonchev–Trinajstić information content (AvgIpc) is 2.68. The second-order valence-electron chi connectivity index (χ2n) is 3.37. The molecule has 1 N–H and O–H groups in total. The zero-order valence-corrected chi connectivity index (χ0v) is 10.3. The number of hydrogen-bond donors (Lipinski definition) is 1. The molecule has 0 aliphatic rings. The molecule has 0 aromatic carbocycles. The number of H-pyrrole nitrogens is 1. The van der Waals surface area contributed by atoms with Crippen LogP contribution >= 0.6 is 0 Å². The molecule has 7 heteroatoms. The maximum absolute atomic E-state index is 11.5. The van der Waals surface area contributed by atoms with Gasteiger partial charge in [0.1, 0.15) is 0 Å². The number of carbonyl (C=O) groups excluding carboxylic acids is 2. The van der Waals surface area contributed by atoms with Crippen LogP contribution in [0.2, 0.25) is 0 Å². The largest absolute Gasteiger partial charge is 0.466 e. The first-order valence-corrected chi connectivity index (χ1v) is 5.63. The van der Waals surface area contributed by atoms with Crippen LogP contribution in [-0.2, 0) is 20.7 Å². The normalized spacial score (nSPS) is 10.1. The van der Waals surface area contributed by atoms with Crippen molar-refractivity contribution in [3.8, 4) is 0 Å². The van der Waals surface area contributed by atoms with E-state index in [4.69, 9.17) is 9.47 Å². The number of esters is 2. The number of nitrogens with one attached hydrogen (secondary N) is 1. The predicted octanol–water partition coefficient (Wildman–Crippen LogP) is 0.640. The number of hydrogen-bond acceptors (Lipinski definition) is 6. The van der Waals surface area contributed by atoms with E-state index in [1.165, 1.54) is 0 Å². The molecule has 0 aliphatic carbocycles. The summed E-state index contributed by atoms with van der Waals surface area (Å²) in [6.07, 6.45) is 0.203. The van der Waals surface area contributed by atoms with Gasteiger partial charge in [0, 0.05) is 6.42 Å². The number of ether oxygens (including phenoxy) is 2. The van der Waals surface area contributed by atoms with E-state index in [9.17, 15) is 14.4 Å². The van der Waals surface area contributed by atoms with Gasteiger partial charge in [-0.15, -0.1) is 0 Å². The quantitative estimate of drug-likeness (QED) is 0.751. The Bertz CT molecular complexity index is 472. The second kappa shape index (κ2) is 6.63. The average molecular weight is 257 g/mol. The van der Waals surface area contributed by atoms with Crippen LogP contribution in [0, 0.1) is 0 Å². The van der Waals surface area contributed by atoms with Crippen molar-refractivity contribution in [2.24, 2.45) is 0 Å². The van der Waals surface area contributed by atoms with Gasteiger partial charge in [0.05, 0.1) is 25.3 Å². The molecule has 0 aliphatic heterocycles. The third kappa shape index (κ3) is 3.47. The van der Waals surface area contributed by atoms with Crippen LogP contribution in [0.1, 0.15) is 36.3 Å². The molecule has 0 spiro atoms. The predicted molar refractivity (Wildman–Crippen MR) is 60.2 cm³/mol. The van der Waals surface area contributed by atoms with E-state index < -0.39 is 17.6 Å². The molecule has 1 heterocycles. The Morgan fingerprint density at radius 2 is 1.89 bits per heavy atom. The van der Waals surface area contributed by atoms with E-state index in [0.717, 1.165) is 0 Å². The van der Waals surface area contributed by atoms with Gasteiger partial charge in [0.2, 0.25) is 0 Å². The molecule has 0 amide bonds. The minimum absolute atomic E-state index is 0.0513. The van der Waals surface area contributed by atoms with E-state index in [-0.39, 0.29) is 37.3 Å². The van der Waals surface area contributed by atoms with Gasteiger partial charge < -0.3 is 14.0 Å². The van der Waals surface area contributed by atoms with E-state index in [0.29, 0.717) is 0 Å². The molecule has 0 saturated heterocycles. The molecule has 7 nitrogen and oxygen atoms in total. The van der Waals surface area contributed by atoms with Crippen LogP contribution < -0.4 is 5.63 Å². The molecular weight excluding hydrogens is 242 g/mol. The van der Waals surface area contributed by atoms with Crippen LogP contribution in [0.3, 0.4) is 0 Å². The summed E-state index contributed by atoms with van der Waals surface area (Å²) in [6, 6.07) is 0. The lowest BCUT2D eigenvalue weighted by Gasteiger charge is -2.02. The summed E-state index contributed by atoms with van der Waals surface area (Å²) in [4.78, 5) is 34.0. The third-order valence-corrected chi connectivity index (χ3v) is 2.14. The minimum Gasteiger partial charge on any atom is -0.466 e. The first-order valence-electron chi connectivity index (χ1n) is 5.63. The molecule has 1 aromatic rings. The molecule has 0 bridgehead atoms. The topological polar surface area (TPSA) is 98.6 Å². The van der Waals surface area contributed by atoms with Crippen LogP contribution in [0.4, 0.5) is 0 Å². The Morgan fingerprint density at radius 3 is 2.50 bits per heavy atom. The van der Waals surface area contributed by atoms with Crippen molar-refractivity contribution < 1.29 is 23.6 Å². The first-order chi connectivity index (χ1) is 8.60. The zero-order valence-electron chi connectivity index (χ0n) is 10.3. The van der Waals surface area contributed by atoms with Crippen molar-refractivity contribution >= 4 is 11.9 Å². The molecule has 0 unspecified atom stereocenters. The highest BCUT2D eigenvalue weighted by Crippen LogP contribution is 2.07. The summed E-state index contributed by atoms with van der Waals surface area (Å²) >= 11 is 0. The van der Waals surface area contributed by atoms with Gasteiger partial charge in [-0.1, -0.05) is 0 Å². The Labute approximate surface area is 103 Å². The highest BCUT2D eigenvalue weighted by atomic mass is 16.5. The minimum atomic E-state index is -0.799. The van der Waals surface area contributed by atoms with Crippen LogP contribution in [0.5, 0.6) is 0 Å². The van der Waals surface area contributed by atoms with Crippen LogP contribution in [0.25, 0.3) is 0 Å². The number of aromatic amines is 1. The van der Waals surface area contributed by atoms with Crippen LogP contribution in [-0.4, -0.2) is 30.3 Å². The van der Waals surface area contributed by atoms with E-state index >= 15 is 0 Å². The van der Waals surface area contributed by atoms with Gasteiger partial charge in [-0.05, 0) is 13.8 Å². The van der Waals surface area contributed by atoms with Gasteiger partial charge in [0.15, 0.2) is 5.56 Å². The monoisotopic (exact) mass is 257 g/mol. The summed E-state index contributed by atoms with van der Waals surface area (Å²) in [5.41, 5.74) is -0.750. The maximum Gasteiger partial charge on any atom is 0.372 e. The number of carbonyl (C=O) groups is 2. The maximum atomic E-state index is 11.5. The standard InChI is InChI=1S/C11H15NO6/c1-3-16-8(13)6-5-7-9(10(14)17-4-2)11(15)18-12-7/h12H,3-6H2,1-2H3. The fourth-order valence-electron chi connectivity index (χ4n) is 1.38. The van der Waals surface area contributed by atoms with Gasteiger partial charge in [0.25, 0.3) is 0 Å². The molecule has 1 aromatic heterocycles. The highest BCUT2D eigenvalue weighted by Gasteiger charge is 2.21. The molecule has 18 heavy (non-hydrogen) atoms. The highest BCUT2D eigenvalue weighted by molar-refractivity contribution is 5.90. The number of aryl methyl sites for hydroxylation is 1. The first kappa shape index (κ1) is 14.0. The lowest BCUT2D eigenvalue weighted by Crippen LogP contribution is -2.16. The second-order valence-corrected chi connectivity index (χ2v) is 3.37. The summed E-state index contributed by atoms with van der Waals surface area (Å²) in [5, 5.41) is 2.31. The fraction of sp³-hybridized carbons (Fsp3) is 0.545. The molecule has 0 saturated carbocycles. The lowest BCUT2D eigenvalue weighted by atomic mass is 10.1. The van der Waals surface area contributed by atoms with Crippen LogP contribution in [0.15, 0.2) is 9.32 Å². The number of aromatic nitrogens is 1. The van der Waals surface area contributed by atoms with Crippen molar-refractivity contribution in [2.75, 3.05) is 13.2 Å². The summed E-state index contributed by atoms with van der Waals surface area (Å²) in [5.74, 6) is -1.17. The summed E-state index contributed by atoms with van der Waals surface area (Å²) < 4.78 is 14.0. The van der Waals surface area contributed by atoms with E-state index in [1.54, 1.807) is 13.8 Å². The lowest BCUT2D eigenvalue weighted by molar-refractivity contribution is -0.143. The fourth-order valence-corrected chi connectivity index (χ4v) is 1.38. The Kier molecular flexibility index (Phi) is 5.16. The van der Waals surface area contributed by atoms with Crippen molar-refractivity contribution in [1.82, 2.24) is 5.16 Å². The third-order valence-electron chi connectivity index (χ3n) is 2.14. The van der Waals surface area contributed by atoms with Crippen molar-refractivity contribution in [3.05, 3.63) is 21.7 Å².